The molecule has 202 valence electrons. The van der Waals surface area contributed by atoms with Crippen molar-refractivity contribution in [1.29, 1.82) is 0 Å². The Balaban J connectivity index is 1.56. The molecular formula is C26H15Cl3N4O5S2. The van der Waals surface area contributed by atoms with Gasteiger partial charge in [0.05, 0.1) is 16.5 Å². The Hall–Kier alpha value is -3.48. The number of aliphatic hydroxyl groups excluding tert-OH is 1. The minimum atomic E-state index is -1.20. The van der Waals surface area contributed by atoms with Gasteiger partial charge < -0.3 is 5.11 Å². The zero-order valence-electron chi connectivity index (χ0n) is 20.0. The lowest BCUT2D eigenvalue weighted by molar-refractivity contribution is -0.384. The fourth-order valence-electron chi connectivity index (χ4n) is 4.05. The number of carbonyl (C=O) groups is 2. The number of Topliss-reactive ketones (excluding diaryl/α,β-unsaturated/α-hetero) is 1. The summed E-state index contributed by atoms with van der Waals surface area (Å²) in [6, 6.07) is 15.5. The molecule has 1 aliphatic rings. The lowest BCUT2D eigenvalue weighted by atomic mass is 9.95. The monoisotopic (exact) mass is 632 g/mol. The van der Waals surface area contributed by atoms with Crippen LogP contribution in [0.1, 0.15) is 22.7 Å². The number of carbonyl (C=O) groups excluding carboxylic acids is 2. The molecule has 1 unspecified atom stereocenters. The van der Waals surface area contributed by atoms with Crippen LogP contribution in [0.4, 0.5) is 10.8 Å². The first-order valence-corrected chi connectivity index (χ1v) is 14.3. The minimum Gasteiger partial charge on any atom is -0.507 e. The van der Waals surface area contributed by atoms with Gasteiger partial charge in [0.2, 0.25) is 5.13 Å². The first-order valence-electron chi connectivity index (χ1n) is 11.4. The molecular weight excluding hydrogens is 619 g/mol. The van der Waals surface area contributed by atoms with Crippen LogP contribution in [0.15, 0.2) is 76.6 Å². The Labute approximate surface area is 250 Å². The second-order valence-electron chi connectivity index (χ2n) is 8.40. The second kappa shape index (κ2) is 11.6. The van der Waals surface area contributed by atoms with Crippen LogP contribution in [0, 0.1) is 10.1 Å². The molecule has 1 saturated heterocycles. The van der Waals surface area contributed by atoms with E-state index in [4.69, 9.17) is 34.8 Å². The van der Waals surface area contributed by atoms with Gasteiger partial charge in [-0.15, -0.1) is 10.2 Å². The van der Waals surface area contributed by atoms with Gasteiger partial charge in [0.15, 0.2) is 4.34 Å². The molecule has 3 aromatic carbocycles. The van der Waals surface area contributed by atoms with Gasteiger partial charge in [0.25, 0.3) is 11.5 Å². The van der Waals surface area contributed by atoms with E-state index in [1.54, 1.807) is 18.2 Å². The van der Waals surface area contributed by atoms with E-state index in [1.807, 2.05) is 0 Å². The summed E-state index contributed by atoms with van der Waals surface area (Å²) in [7, 11) is 0. The molecule has 1 amide bonds. The molecule has 40 heavy (non-hydrogen) atoms. The number of amides is 1. The smallest absolute Gasteiger partial charge is 0.301 e. The number of aromatic nitrogens is 2. The van der Waals surface area contributed by atoms with E-state index in [2.05, 4.69) is 10.2 Å². The normalized spacial score (nSPS) is 16.5. The van der Waals surface area contributed by atoms with Gasteiger partial charge in [-0.3, -0.25) is 24.6 Å². The maximum atomic E-state index is 13.4. The number of hydrogen-bond acceptors (Lipinski definition) is 9. The summed E-state index contributed by atoms with van der Waals surface area (Å²) in [5.41, 5.74) is 0.799. The van der Waals surface area contributed by atoms with Crippen molar-refractivity contribution < 1.29 is 19.6 Å². The van der Waals surface area contributed by atoms with Gasteiger partial charge in [0.1, 0.15) is 5.76 Å². The molecule has 14 heteroatoms. The van der Waals surface area contributed by atoms with Crippen molar-refractivity contribution >= 4 is 86.2 Å². The Morgan fingerprint density at radius 2 is 1.75 bits per heavy atom. The molecule has 1 aliphatic heterocycles. The fourth-order valence-corrected chi connectivity index (χ4v) is 6.61. The molecule has 5 rings (SSSR count). The highest BCUT2D eigenvalue weighted by Crippen LogP contribution is 2.44. The van der Waals surface area contributed by atoms with Crippen LogP contribution in [0.5, 0.6) is 0 Å². The highest BCUT2D eigenvalue weighted by molar-refractivity contribution is 8.00. The van der Waals surface area contributed by atoms with Gasteiger partial charge in [-0.1, -0.05) is 76.1 Å². The zero-order valence-corrected chi connectivity index (χ0v) is 23.9. The van der Waals surface area contributed by atoms with Crippen molar-refractivity contribution in [1.82, 2.24) is 10.2 Å². The van der Waals surface area contributed by atoms with Gasteiger partial charge >= 0.3 is 5.91 Å². The van der Waals surface area contributed by atoms with Crippen molar-refractivity contribution in [3.63, 3.8) is 0 Å². The lowest BCUT2D eigenvalue weighted by Gasteiger charge is -2.22. The Kier molecular flexibility index (Phi) is 8.11. The zero-order chi connectivity index (χ0) is 28.6. The predicted molar refractivity (Wildman–Crippen MR) is 155 cm³/mol. The SMILES string of the molecule is O=C1C(=O)N(c2nnc(SCc3ccc(Cl)cc3Cl)s2)C(c2cccc([N+](=O)[O-])c2)/C1=C(/O)c1ccc(Cl)cc1. The van der Waals surface area contributed by atoms with E-state index in [-0.39, 0.29) is 27.5 Å². The van der Waals surface area contributed by atoms with Crippen LogP contribution >= 0.6 is 57.9 Å². The summed E-state index contributed by atoms with van der Waals surface area (Å²) >= 11 is 20.6. The lowest BCUT2D eigenvalue weighted by Crippen LogP contribution is -2.29. The predicted octanol–water partition coefficient (Wildman–Crippen LogP) is 7.33. The number of benzene rings is 3. The quantitative estimate of drug-likeness (QED) is 0.0426. The van der Waals surface area contributed by atoms with Gasteiger partial charge in [-0.25, -0.2) is 0 Å². The molecule has 0 spiro atoms. The summed E-state index contributed by atoms with van der Waals surface area (Å²) in [5, 5.41) is 32.4. The van der Waals surface area contributed by atoms with Gasteiger partial charge in [0, 0.05) is 38.5 Å². The number of non-ortho nitro benzene ring substituents is 1. The van der Waals surface area contributed by atoms with Crippen LogP contribution in [0.25, 0.3) is 5.76 Å². The topological polar surface area (TPSA) is 127 Å². The third kappa shape index (κ3) is 5.56. The second-order valence-corrected chi connectivity index (χ2v) is 11.9. The van der Waals surface area contributed by atoms with Crippen molar-refractivity contribution in [3.05, 3.63) is 114 Å². The highest BCUT2D eigenvalue weighted by Gasteiger charge is 2.48. The van der Waals surface area contributed by atoms with Crippen LogP contribution in [-0.2, 0) is 15.3 Å². The molecule has 4 aromatic rings. The number of halogens is 3. The van der Waals surface area contributed by atoms with Gasteiger partial charge in [-0.05, 0) is 47.5 Å². The summed E-state index contributed by atoms with van der Waals surface area (Å²) in [6.45, 7) is 0. The summed E-state index contributed by atoms with van der Waals surface area (Å²) in [4.78, 5) is 38.7. The number of aliphatic hydroxyl groups is 1. The molecule has 1 N–H and O–H groups in total. The fraction of sp³-hybridized carbons (Fsp3) is 0.0769. The summed E-state index contributed by atoms with van der Waals surface area (Å²) in [5.74, 6) is -1.94. The number of rotatable bonds is 7. The maximum Gasteiger partial charge on any atom is 0.301 e. The van der Waals surface area contributed by atoms with E-state index < -0.39 is 28.4 Å². The molecule has 9 nitrogen and oxygen atoms in total. The maximum absolute atomic E-state index is 13.4. The average molecular weight is 634 g/mol. The number of nitro groups is 1. The van der Waals surface area contributed by atoms with Crippen LogP contribution < -0.4 is 4.90 Å². The van der Waals surface area contributed by atoms with E-state index in [0.717, 1.165) is 21.8 Å². The van der Waals surface area contributed by atoms with E-state index in [0.29, 0.717) is 25.2 Å². The van der Waals surface area contributed by atoms with Crippen molar-refractivity contribution in [2.24, 2.45) is 0 Å². The van der Waals surface area contributed by atoms with Gasteiger partial charge in [-0.2, -0.15) is 0 Å². The first kappa shape index (κ1) is 28.1. The number of hydrogen-bond donors (Lipinski definition) is 1. The number of thioether (sulfide) groups is 1. The van der Waals surface area contributed by atoms with E-state index in [1.165, 1.54) is 60.3 Å². The standard InChI is InChI=1S/C26H15Cl3N4O5S2/c27-16-7-4-13(5-8-16)22(34)20-21(14-2-1-3-18(10-14)33(37)38)32(24(36)23(20)35)25-30-31-26(40-25)39-12-15-6-9-17(28)11-19(15)29/h1-11,21,34H,12H2/b22-20-. The molecule has 1 atom stereocenters. The van der Waals surface area contributed by atoms with Crippen molar-refractivity contribution in [2.75, 3.05) is 4.90 Å². The molecule has 2 heterocycles. The molecule has 0 bridgehead atoms. The third-order valence-corrected chi connectivity index (χ3v) is 8.87. The average Bonchev–Trinajstić information content (AvgIpc) is 3.50. The number of anilines is 1. The minimum absolute atomic E-state index is 0.0819. The molecule has 1 fully saturated rings. The highest BCUT2D eigenvalue weighted by atomic mass is 35.5. The third-order valence-electron chi connectivity index (χ3n) is 5.93. The number of nitro benzene ring substituents is 1. The van der Waals surface area contributed by atoms with E-state index in [9.17, 15) is 24.8 Å². The Morgan fingerprint density at radius 1 is 1.02 bits per heavy atom. The van der Waals surface area contributed by atoms with E-state index >= 15 is 0 Å². The van der Waals surface area contributed by atoms with Crippen molar-refractivity contribution in [3.8, 4) is 0 Å². The molecule has 0 radical (unpaired) electrons. The van der Waals surface area contributed by atoms with Crippen LogP contribution in [0.3, 0.4) is 0 Å². The molecule has 0 aliphatic carbocycles. The summed E-state index contributed by atoms with van der Waals surface area (Å²) in [6.07, 6.45) is 0. The summed E-state index contributed by atoms with van der Waals surface area (Å²) < 4.78 is 0.485. The molecule has 0 saturated carbocycles. The largest absolute Gasteiger partial charge is 0.507 e. The number of nitrogens with zero attached hydrogens (tertiary/aromatic N) is 4. The van der Waals surface area contributed by atoms with Crippen molar-refractivity contribution in [2.45, 2.75) is 16.1 Å². The Bertz CT molecular complexity index is 1690. The molecule has 1 aromatic heterocycles. The first-order chi connectivity index (χ1) is 19.1. The number of ketones is 1. The van der Waals surface area contributed by atoms with Crippen LogP contribution in [-0.4, -0.2) is 31.9 Å². The van der Waals surface area contributed by atoms with Crippen LogP contribution in [0.2, 0.25) is 15.1 Å². The Morgan fingerprint density at radius 3 is 2.45 bits per heavy atom.